The fourth-order valence-electron chi connectivity index (χ4n) is 4.39. The molecule has 0 bridgehead atoms. The number of nitriles is 1. The molecule has 11 heteroatoms. The normalized spacial score (nSPS) is 20.1. The lowest BCUT2D eigenvalue weighted by atomic mass is 10.0. The fourth-order valence-corrected chi connectivity index (χ4v) is 4.66. The number of hydrogen-bond acceptors (Lipinski definition) is 7. The van der Waals surface area contributed by atoms with Crippen LogP contribution in [0.25, 0.3) is 10.9 Å². The molecule has 190 valence electrons. The molecule has 1 aromatic heterocycles. The Hall–Kier alpha value is -3.68. The van der Waals surface area contributed by atoms with Gasteiger partial charge >= 0.3 is 0 Å². The van der Waals surface area contributed by atoms with Gasteiger partial charge in [-0.3, -0.25) is 9.99 Å². The molecule has 0 saturated heterocycles. The van der Waals surface area contributed by atoms with Gasteiger partial charge in [-0.25, -0.2) is 13.2 Å². The number of aromatic nitrogens is 1. The van der Waals surface area contributed by atoms with Crippen molar-refractivity contribution in [2.75, 3.05) is 10.6 Å². The van der Waals surface area contributed by atoms with Crippen molar-refractivity contribution in [1.82, 2.24) is 21.0 Å². The number of rotatable bonds is 8. The van der Waals surface area contributed by atoms with Gasteiger partial charge in [0.15, 0.2) is 0 Å². The van der Waals surface area contributed by atoms with Crippen molar-refractivity contribution >= 4 is 33.9 Å². The molecule has 2 heterocycles. The van der Waals surface area contributed by atoms with Gasteiger partial charge in [0.1, 0.15) is 11.9 Å². The van der Waals surface area contributed by atoms with Crippen molar-refractivity contribution < 1.29 is 14.5 Å². The van der Waals surface area contributed by atoms with Crippen LogP contribution >= 0.6 is 11.6 Å². The van der Waals surface area contributed by atoms with E-state index in [0.29, 0.717) is 33.9 Å². The number of anilines is 2. The summed E-state index contributed by atoms with van der Waals surface area (Å²) in [5.74, 6) is -0.435. The number of hydrogen-bond donors (Lipinski definition) is 4. The number of halogens is 4. The highest BCUT2D eigenvalue weighted by molar-refractivity contribution is 6.35. The molecule has 3 aromatic rings. The van der Waals surface area contributed by atoms with Crippen LogP contribution in [0.3, 0.4) is 0 Å². The van der Waals surface area contributed by atoms with Gasteiger partial charge in [0, 0.05) is 29.5 Å². The average Bonchev–Trinajstić information content (AvgIpc) is 3.83. The maximum Gasteiger partial charge on any atom is 0.261 e. The summed E-state index contributed by atoms with van der Waals surface area (Å²) in [6.45, 7) is 0. The molecule has 0 amide bonds. The molecule has 6 rings (SSSR count). The van der Waals surface area contributed by atoms with Gasteiger partial charge in [0.25, 0.3) is 6.43 Å². The molecule has 1 atom stereocenters. The van der Waals surface area contributed by atoms with Gasteiger partial charge in [-0.2, -0.15) is 5.26 Å². The monoisotopic (exact) mass is 526 g/mol. The lowest BCUT2D eigenvalue weighted by Gasteiger charge is -2.23. The molecule has 2 aliphatic carbocycles. The van der Waals surface area contributed by atoms with E-state index in [0.717, 1.165) is 12.8 Å². The number of nitrogens with one attached hydrogen (secondary N) is 4. The minimum Gasteiger partial charge on any atom is -0.373 e. The summed E-state index contributed by atoms with van der Waals surface area (Å²) in [7, 11) is 0. The first-order chi connectivity index (χ1) is 18.2. The maximum atomic E-state index is 13.8. The zero-order chi connectivity index (χ0) is 26.7. The van der Waals surface area contributed by atoms with Crippen LogP contribution in [0.15, 0.2) is 54.5 Å². The summed E-state index contributed by atoms with van der Waals surface area (Å²) >= 11 is 6.58. The third kappa shape index (κ3) is 4.49. The number of pyridine rings is 1. The Bertz CT molecular complexity index is 1480. The van der Waals surface area contributed by atoms with Crippen LogP contribution in [0, 0.1) is 17.1 Å². The first-order valence-corrected chi connectivity index (χ1v) is 12.3. The molecule has 37 heavy (non-hydrogen) atoms. The standard InChI is InChI=1S/C26H23ClF3N7/c27-20-10-17(9-19-22(15(11-31)12-32-24(19)20)34-26(7-8-26)25(29)30)33-23(14-1-3-16(28)4-2-14)21-13-37(36-35-21)18-5-6-18/h1-4,9-10,12-13,18,23,25,33,35-36H,5-8H2,(H,32,34)/t23-/m1/s1/i23D. The SMILES string of the molecule is [2H][C@](Nc1cc(Cl)c2ncc(C#N)c(NC3(C(F)F)CC3)c2c1)(C1=CN(C2CC2)NN1)c1ccc(F)cc1. The smallest absolute Gasteiger partial charge is 0.261 e. The minimum atomic E-state index is -2.62. The first-order valence-electron chi connectivity index (χ1n) is 12.4. The molecule has 2 saturated carbocycles. The Labute approximate surface area is 217 Å². The summed E-state index contributed by atoms with van der Waals surface area (Å²) in [6.07, 6.45) is 3.09. The Kier molecular flexibility index (Phi) is 5.48. The van der Waals surface area contributed by atoms with E-state index < -0.39 is 23.8 Å². The Balaban J connectivity index is 1.45. The molecule has 1 aliphatic heterocycles. The zero-order valence-corrected chi connectivity index (χ0v) is 20.2. The highest BCUT2D eigenvalue weighted by atomic mass is 35.5. The van der Waals surface area contributed by atoms with Crippen molar-refractivity contribution in [3.8, 4) is 6.07 Å². The second kappa shape index (κ2) is 9.01. The van der Waals surface area contributed by atoms with E-state index in [9.17, 15) is 19.8 Å². The topological polar surface area (TPSA) is 88.0 Å². The fraction of sp³-hybridized carbons (Fsp3) is 0.308. The van der Waals surface area contributed by atoms with E-state index in [1.807, 2.05) is 11.1 Å². The second-order valence-corrected chi connectivity index (χ2v) is 9.93. The lowest BCUT2D eigenvalue weighted by molar-refractivity contribution is 0.114. The van der Waals surface area contributed by atoms with Crippen LogP contribution in [0.1, 0.15) is 44.2 Å². The number of nitrogens with zero attached hydrogens (tertiary/aromatic N) is 3. The molecular weight excluding hydrogens is 503 g/mol. The molecule has 0 radical (unpaired) electrons. The number of fused-ring (bicyclic) bond motifs is 1. The predicted octanol–water partition coefficient (Wildman–Crippen LogP) is 5.59. The van der Waals surface area contributed by atoms with E-state index in [4.69, 9.17) is 11.6 Å². The molecule has 0 spiro atoms. The van der Waals surface area contributed by atoms with E-state index >= 15 is 0 Å². The Morgan fingerprint density at radius 3 is 2.65 bits per heavy atom. The van der Waals surface area contributed by atoms with Crippen LogP contribution in [0.5, 0.6) is 0 Å². The van der Waals surface area contributed by atoms with Crippen molar-refractivity contribution in [1.29, 1.82) is 5.26 Å². The van der Waals surface area contributed by atoms with Gasteiger partial charge in [0.2, 0.25) is 0 Å². The minimum absolute atomic E-state index is 0.109. The molecular formula is C26H23ClF3N7. The predicted molar refractivity (Wildman–Crippen MR) is 135 cm³/mol. The molecule has 7 nitrogen and oxygen atoms in total. The highest BCUT2D eigenvalue weighted by Gasteiger charge is 2.51. The second-order valence-electron chi connectivity index (χ2n) is 9.52. The molecule has 4 N–H and O–H groups in total. The van der Waals surface area contributed by atoms with Crippen LogP contribution in [-0.2, 0) is 0 Å². The van der Waals surface area contributed by atoms with Crippen LogP contribution in [-0.4, -0.2) is 28.0 Å². The third-order valence-electron chi connectivity index (χ3n) is 6.83. The van der Waals surface area contributed by atoms with Crippen LogP contribution < -0.4 is 21.6 Å². The average molecular weight is 527 g/mol. The van der Waals surface area contributed by atoms with Gasteiger partial charge in [-0.1, -0.05) is 23.7 Å². The summed E-state index contributed by atoms with van der Waals surface area (Å²) in [5.41, 5.74) is 6.65. The van der Waals surface area contributed by atoms with Gasteiger partial charge in [-0.05, 0) is 55.5 Å². The van der Waals surface area contributed by atoms with Crippen molar-refractivity contribution in [3.05, 3.63) is 76.5 Å². The summed E-state index contributed by atoms with van der Waals surface area (Å²) in [4.78, 5) is 4.29. The highest BCUT2D eigenvalue weighted by Crippen LogP contribution is 2.46. The third-order valence-corrected chi connectivity index (χ3v) is 7.11. The lowest BCUT2D eigenvalue weighted by Crippen LogP contribution is -2.38. The zero-order valence-electron chi connectivity index (χ0n) is 20.5. The first kappa shape index (κ1) is 22.5. The van der Waals surface area contributed by atoms with Gasteiger partial charge in [0.05, 0.1) is 40.4 Å². The Morgan fingerprint density at radius 1 is 1.24 bits per heavy atom. The molecule has 3 aliphatic rings. The summed E-state index contributed by atoms with van der Waals surface area (Å²) in [6, 6.07) is 9.53. The number of alkyl halides is 2. The van der Waals surface area contributed by atoms with Crippen molar-refractivity contribution in [2.24, 2.45) is 0 Å². The van der Waals surface area contributed by atoms with E-state index in [1.165, 1.54) is 30.5 Å². The summed E-state index contributed by atoms with van der Waals surface area (Å²) in [5, 5.41) is 18.3. The molecule has 0 unspecified atom stereocenters. The van der Waals surface area contributed by atoms with Crippen LogP contribution in [0.4, 0.5) is 24.5 Å². The van der Waals surface area contributed by atoms with Crippen molar-refractivity contribution in [2.45, 2.75) is 49.7 Å². The maximum absolute atomic E-state index is 13.8. The van der Waals surface area contributed by atoms with Crippen molar-refractivity contribution in [3.63, 3.8) is 0 Å². The van der Waals surface area contributed by atoms with E-state index in [1.54, 1.807) is 18.3 Å². The molecule has 2 aromatic carbocycles. The van der Waals surface area contributed by atoms with Gasteiger partial charge < -0.3 is 16.1 Å². The molecule has 2 fully saturated rings. The quantitative estimate of drug-likeness (QED) is 0.304. The number of hydrazine groups is 2. The Morgan fingerprint density at radius 2 is 2.00 bits per heavy atom. The van der Waals surface area contributed by atoms with Gasteiger partial charge in [-0.15, -0.1) is 5.53 Å². The summed E-state index contributed by atoms with van der Waals surface area (Å²) < 4.78 is 50.8. The van der Waals surface area contributed by atoms with E-state index in [-0.39, 0.29) is 29.1 Å². The largest absolute Gasteiger partial charge is 0.373 e. The van der Waals surface area contributed by atoms with Crippen LogP contribution in [0.2, 0.25) is 5.02 Å². The van der Waals surface area contributed by atoms with E-state index in [2.05, 4.69) is 26.6 Å². The number of benzene rings is 2.